The first-order valence-electron chi connectivity index (χ1n) is 9.12. The molecule has 0 saturated heterocycles. The molecule has 4 nitrogen and oxygen atoms in total. The summed E-state index contributed by atoms with van der Waals surface area (Å²) in [6, 6.07) is 9.95. The van der Waals surface area contributed by atoms with E-state index in [4.69, 9.17) is 9.16 Å². The van der Waals surface area contributed by atoms with E-state index in [2.05, 4.69) is 33.9 Å². The topological polar surface area (TPSA) is 58.9 Å². The van der Waals surface area contributed by atoms with Gasteiger partial charge in [-0.15, -0.1) is 0 Å². The Hall–Kier alpha value is -0.723. The van der Waals surface area contributed by atoms with E-state index in [1.54, 1.807) is 0 Å². The molecule has 2 N–H and O–H groups in total. The maximum atomic E-state index is 10.5. The molecule has 0 aliphatic heterocycles. The first-order chi connectivity index (χ1) is 11.3. The maximum Gasteiger partial charge on any atom is 0.192 e. The van der Waals surface area contributed by atoms with Crippen molar-refractivity contribution in [3.05, 3.63) is 35.9 Å². The van der Waals surface area contributed by atoms with Crippen molar-refractivity contribution in [3.63, 3.8) is 0 Å². The highest BCUT2D eigenvalue weighted by Crippen LogP contribution is 2.41. The molecule has 0 bridgehead atoms. The van der Waals surface area contributed by atoms with Crippen LogP contribution >= 0.6 is 0 Å². The van der Waals surface area contributed by atoms with E-state index in [1.165, 1.54) is 0 Å². The average molecular weight is 367 g/mol. The Morgan fingerprint density at radius 1 is 0.920 bits per heavy atom. The lowest BCUT2D eigenvalue weighted by Crippen LogP contribution is -2.46. The van der Waals surface area contributed by atoms with Gasteiger partial charge in [0.15, 0.2) is 8.32 Å². The van der Waals surface area contributed by atoms with Gasteiger partial charge in [0.25, 0.3) is 0 Å². The summed E-state index contributed by atoms with van der Waals surface area (Å²) in [7, 11) is -2.02. The summed E-state index contributed by atoms with van der Waals surface area (Å²) in [5.74, 6) is 0. The highest BCUT2D eigenvalue weighted by atomic mass is 28.4. The van der Waals surface area contributed by atoms with Crippen molar-refractivity contribution in [1.82, 2.24) is 0 Å². The molecule has 0 amide bonds. The number of ether oxygens (including phenoxy) is 1. The lowest BCUT2D eigenvalue weighted by atomic mass is 9.97. The SMILES string of the molecule is CC(C)(OC1CC(O[Si](C)(C)C(C)(C)C)C(O)C1O)c1ccccc1. The van der Waals surface area contributed by atoms with Crippen molar-refractivity contribution in [2.24, 2.45) is 0 Å². The monoisotopic (exact) mass is 366 g/mol. The van der Waals surface area contributed by atoms with Gasteiger partial charge in [0, 0.05) is 6.42 Å². The van der Waals surface area contributed by atoms with Crippen LogP contribution < -0.4 is 0 Å². The van der Waals surface area contributed by atoms with Crippen molar-refractivity contribution < 1.29 is 19.4 Å². The Morgan fingerprint density at radius 3 is 1.96 bits per heavy atom. The molecule has 2 rings (SSSR count). The zero-order valence-corrected chi connectivity index (χ0v) is 17.6. The third kappa shape index (κ3) is 4.52. The van der Waals surface area contributed by atoms with Crippen molar-refractivity contribution in [3.8, 4) is 0 Å². The molecular weight excluding hydrogens is 332 g/mol. The number of rotatable bonds is 5. The lowest BCUT2D eigenvalue weighted by Gasteiger charge is -2.39. The van der Waals surface area contributed by atoms with E-state index in [0.717, 1.165) is 5.56 Å². The molecule has 5 heteroatoms. The molecule has 0 aromatic heterocycles. The maximum absolute atomic E-state index is 10.5. The third-order valence-corrected chi connectivity index (χ3v) is 10.2. The van der Waals surface area contributed by atoms with Gasteiger partial charge in [-0.1, -0.05) is 51.1 Å². The molecule has 25 heavy (non-hydrogen) atoms. The second kappa shape index (κ2) is 7.12. The number of aliphatic hydroxyl groups is 2. The summed E-state index contributed by atoms with van der Waals surface area (Å²) in [4.78, 5) is 0. The minimum Gasteiger partial charge on any atom is -0.411 e. The Morgan fingerprint density at radius 2 is 1.44 bits per heavy atom. The molecule has 0 radical (unpaired) electrons. The van der Waals surface area contributed by atoms with Crippen LogP contribution in [-0.4, -0.2) is 42.9 Å². The van der Waals surface area contributed by atoms with Gasteiger partial charge < -0.3 is 19.4 Å². The van der Waals surface area contributed by atoms with Crippen LogP contribution in [0.2, 0.25) is 18.1 Å². The third-order valence-electron chi connectivity index (χ3n) is 5.74. The largest absolute Gasteiger partial charge is 0.411 e. The fourth-order valence-electron chi connectivity index (χ4n) is 3.02. The van der Waals surface area contributed by atoms with Crippen molar-refractivity contribution in [2.75, 3.05) is 0 Å². The Labute approximate surface area is 153 Å². The summed E-state index contributed by atoms with van der Waals surface area (Å²) in [5, 5.41) is 21.0. The van der Waals surface area contributed by atoms with Gasteiger partial charge in [0.05, 0.1) is 17.8 Å². The fourth-order valence-corrected chi connectivity index (χ4v) is 4.37. The summed E-state index contributed by atoms with van der Waals surface area (Å²) in [5.41, 5.74) is 0.504. The summed E-state index contributed by atoms with van der Waals surface area (Å²) in [6.45, 7) is 14.8. The number of benzene rings is 1. The molecule has 4 unspecified atom stereocenters. The van der Waals surface area contributed by atoms with Crippen LogP contribution in [0, 0.1) is 0 Å². The van der Waals surface area contributed by atoms with Crippen molar-refractivity contribution in [1.29, 1.82) is 0 Å². The fraction of sp³-hybridized carbons (Fsp3) is 0.700. The highest BCUT2D eigenvalue weighted by molar-refractivity contribution is 6.74. The van der Waals surface area contributed by atoms with Crippen molar-refractivity contribution >= 4 is 8.32 Å². The molecule has 142 valence electrons. The molecule has 1 fully saturated rings. The van der Waals surface area contributed by atoms with Gasteiger partial charge in [-0.05, 0) is 37.5 Å². The molecular formula is C20H34O4Si. The Kier molecular flexibility index (Phi) is 5.86. The van der Waals surface area contributed by atoms with Crippen LogP contribution in [0.1, 0.15) is 46.6 Å². The highest BCUT2D eigenvalue weighted by Gasteiger charge is 2.49. The predicted molar refractivity (Wildman–Crippen MR) is 103 cm³/mol. The zero-order chi connectivity index (χ0) is 19.0. The number of aliphatic hydroxyl groups excluding tert-OH is 2. The molecule has 1 aromatic rings. The van der Waals surface area contributed by atoms with Gasteiger partial charge in [0.2, 0.25) is 0 Å². The van der Waals surface area contributed by atoms with E-state index in [9.17, 15) is 10.2 Å². The molecule has 0 spiro atoms. The molecule has 1 saturated carbocycles. The standard InChI is InChI=1S/C20H34O4Si/c1-19(2,3)25(6,7)24-16-13-15(17(21)18(16)22)23-20(4,5)14-11-9-8-10-12-14/h8-12,15-18,21-22H,13H2,1-7H3. The van der Waals surface area contributed by atoms with Crippen LogP contribution in [0.3, 0.4) is 0 Å². The van der Waals surface area contributed by atoms with Crippen LogP contribution in [0.15, 0.2) is 30.3 Å². The van der Waals surface area contributed by atoms with E-state index >= 15 is 0 Å². The minimum atomic E-state index is -2.02. The molecule has 0 heterocycles. The van der Waals surface area contributed by atoms with E-state index < -0.39 is 32.2 Å². The lowest BCUT2D eigenvalue weighted by molar-refractivity contribution is -0.125. The van der Waals surface area contributed by atoms with E-state index in [1.807, 2.05) is 44.2 Å². The predicted octanol–water partition coefficient (Wildman–Crippen LogP) is 3.82. The van der Waals surface area contributed by atoms with Gasteiger partial charge in [0.1, 0.15) is 12.2 Å². The van der Waals surface area contributed by atoms with Crippen LogP contribution in [0.4, 0.5) is 0 Å². The normalized spacial score (nSPS) is 28.4. The van der Waals surface area contributed by atoms with Gasteiger partial charge in [-0.2, -0.15) is 0 Å². The average Bonchev–Trinajstić information content (AvgIpc) is 2.74. The Bertz CT molecular complexity index is 565. The Balaban J connectivity index is 2.09. The summed E-state index contributed by atoms with van der Waals surface area (Å²) < 4.78 is 12.6. The second-order valence-corrected chi connectivity index (χ2v) is 13.9. The number of hydrogen-bond donors (Lipinski definition) is 2. The minimum absolute atomic E-state index is 0.0555. The van der Waals surface area contributed by atoms with Crippen LogP contribution in [0.25, 0.3) is 0 Å². The molecule has 1 aromatic carbocycles. The number of hydrogen-bond acceptors (Lipinski definition) is 4. The zero-order valence-electron chi connectivity index (χ0n) is 16.6. The molecule has 4 atom stereocenters. The van der Waals surface area contributed by atoms with Gasteiger partial charge >= 0.3 is 0 Å². The van der Waals surface area contributed by atoms with E-state index in [-0.39, 0.29) is 11.1 Å². The van der Waals surface area contributed by atoms with Gasteiger partial charge in [-0.25, -0.2) is 0 Å². The second-order valence-electron chi connectivity index (χ2n) is 9.17. The summed E-state index contributed by atoms with van der Waals surface area (Å²) in [6.07, 6.45) is -2.17. The molecule has 1 aliphatic carbocycles. The first-order valence-corrected chi connectivity index (χ1v) is 12.0. The van der Waals surface area contributed by atoms with Crippen LogP contribution in [-0.2, 0) is 14.8 Å². The van der Waals surface area contributed by atoms with Crippen LogP contribution in [0.5, 0.6) is 0 Å². The van der Waals surface area contributed by atoms with Crippen molar-refractivity contribution in [2.45, 2.75) is 89.2 Å². The summed E-state index contributed by atoms with van der Waals surface area (Å²) >= 11 is 0. The van der Waals surface area contributed by atoms with E-state index in [0.29, 0.717) is 6.42 Å². The smallest absolute Gasteiger partial charge is 0.192 e. The first kappa shape index (κ1) is 20.6. The molecule has 1 aliphatic rings. The van der Waals surface area contributed by atoms with Gasteiger partial charge in [-0.3, -0.25) is 0 Å². The quantitative estimate of drug-likeness (QED) is 0.778.